The molecule has 1 aromatic heterocycles. The largest absolute Gasteiger partial charge is 0.372 e. The van der Waals surface area contributed by atoms with Gasteiger partial charge >= 0.3 is 0 Å². The van der Waals surface area contributed by atoms with Crippen LogP contribution in [0.3, 0.4) is 0 Å². The van der Waals surface area contributed by atoms with Crippen molar-refractivity contribution in [2.75, 3.05) is 28.6 Å². The monoisotopic (exact) mass is 373 g/mol. The van der Waals surface area contributed by atoms with Gasteiger partial charge in [-0.2, -0.15) is 0 Å². The van der Waals surface area contributed by atoms with E-state index < -0.39 is 0 Å². The molecule has 0 spiro atoms. The molecule has 0 bridgehead atoms. The summed E-state index contributed by atoms with van der Waals surface area (Å²) in [5, 5.41) is 6.21. The van der Waals surface area contributed by atoms with Crippen molar-refractivity contribution in [1.29, 1.82) is 0 Å². The lowest BCUT2D eigenvalue weighted by Crippen LogP contribution is -2.21. The molecular formula is C22H23N5O. The van der Waals surface area contributed by atoms with Crippen molar-refractivity contribution < 1.29 is 4.79 Å². The van der Waals surface area contributed by atoms with E-state index in [1.165, 1.54) is 5.69 Å². The average molecular weight is 373 g/mol. The van der Waals surface area contributed by atoms with Gasteiger partial charge in [0.25, 0.3) is 0 Å². The van der Waals surface area contributed by atoms with Crippen LogP contribution in [0.1, 0.15) is 19.4 Å². The Labute approximate surface area is 164 Å². The van der Waals surface area contributed by atoms with E-state index in [0.717, 1.165) is 41.3 Å². The number of para-hydroxylation sites is 1. The van der Waals surface area contributed by atoms with E-state index in [1.807, 2.05) is 36.4 Å². The minimum Gasteiger partial charge on any atom is -0.372 e. The van der Waals surface area contributed by atoms with Gasteiger partial charge in [0, 0.05) is 41.8 Å². The zero-order valence-corrected chi connectivity index (χ0v) is 16.1. The van der Waals surface area contributed by atoms with Crippen molar-refractivity contribution in [2.45, 2.75) is 20.3 Å². The molecule has 6 nitrogen and oxygen atoms in total. The van der Waals surface area contributed by atoms with E-state index in [-0.39, 0.29) is 12.3 Å². The lowest BCUT2D eigenvalue weighted by Gasteiger charge is -2.21. The van der Waals surface area contributed by atoms with Crippen LogP contribution in [0.5, 0.6) is 0 Å². The summed E-state index contributed by atoms with van der Waals surface area (Å²) in [5.74, 6) is 0.459. The van der Waals surface area contributed by atoms with Crippen molar-refractivity contribution >= 4 is 28.9 Å². The van der Waals surface area contributed by atoms with E-state index in [9.17, 15) is 4.79 Å². The number of hydrogen-bond acceptors (Lipinski definition) is 5. The molecule has 2 heterocycles. The minimum atomic E-state index is -0.0532. The first-order chi connectivity index (χ1) is 13.7. The molecule has 28 heavy (non-hydrogen) atoms. The Bertz CT molecular complexity index is 996. The van der Waals surface area contributed by atoms with Gasteiger partial charge in [-0.1, -0.05) is 18.2 Å². The fourth-order valence-electron chi connectivity index (χ4n) is 3.47. The van der Waals surface area contributed by atoms with Crippen LogP contribution in [0, 0.1) is 0 Å². The molecule has 4 rings (SSSR count). The third-order valence-corrected chi connectivity index (χ3v) is 4.92. The van der Waals surface area contributed by atoms with Crippen molar-refractivity contribution in [2.24, 2.45) is 0 Å². The van der Waals surface area contributed by atoms with Gasteiger partial charge in [0.2, 0.25) is 11.9 Å². The fraction of sp³-hybridized carbons (Fsp3) is 0.227. The zero-order chi connectivity index (χ0) is 19.5. The van der Waals surface area contributed by atoms with Gasteiger partial charge < -0.3 is 15.5 Å². The minimum absolute atomic E-state index is 0.0532. The summed E-state index contributed by atoms with van der Waals surface area (Å²) < 4.78 is 0. The lowest BCUT2D eigenvalue weighted by atomic mass is 10.1. The normalized spacial score (nSPS) is 12.4. The van der Waals surface area contributed by atoms with E-state index in [2.05, 4.69) is 46.5 Å². The number of nitrogens with zero attached hydrogens (tertiary/aromatic N) is 3. The Balaban J connectivity index is 1.63. The molecule has 0 saturated carbocycles. The smallest absolute Gasteiger partial charge is 0.228 e. The van der Waals surface area contributed by atoms with Crippen molar-refractivity contribution in [3.63, 3.8) is 0 Å². The molecule has 1 amide bonds. The third-order valence-electron chi connectivity index (χ3n) is 4.92. The number of hydrogen-bond donors (Lipinski definition) is 2. The Morgan fingerprint density at radius 1 is 1.07 bits per heavy atom. The maximum atomic E-state index is 12.1. The van der Waals surface area contributed by atoms with E-state index in [1.54, 1.807) is 6.20 Å². The quantitative estimate of drug-likeness (QED) is 0.700. The molecule has 1 aliphatic heterocycles. The van der Waals surface area contributed by atoms with Crippen LogP contribution in [-0.4, -0.2) is 29.0 Å². The number of carbonyl (C=O) groups is 1. The van der Waals surface area contributed by atoms with Gasteiger partial charge in [-0.3, -0.25) is 4.79 Å². The van der Waals surface area contributed by atoms with Crippen LogP contribution in [0.2, 0.25) is 0 Å². The topological polar surface area (TPSA) is 70.2 Å². The maximum Gasteiger partial charge on any atom is 0.228 e. The highest BCUT2D eigenvalue weighted by Crippen LogP contribution is 2.32. The van der Waals surface area contributed by atoms with Gasteiger partial charge in [0.1, 0.15) is 0 Å². The third kappa shape index (κ3) is 3.53. The second-order valence-corrected chi connectivity index (χ2v) is 6.68. The van der Waals surface area contributed by atoms with E-state index in [0.29, 0.717) is 5.95 Å². The summed E-state index contributed by atoms with van der Waals surface area (Å²) in [6, 6.07) is 16.0. The van der Waals surface area contributed by atoms with Gasteiger partial charge in [0.15, 0.2) is 0 Å². The summed E-state index contributed by atoms with van der Waals surface area (Å²) in [7, 11) is 0. The molecule has 0 unspecified atom stereocenters. The summed E-state index contributed by atoms with van der Waals surface area (Å²) in [5.41, 5.74) is 5.41. The molecule has 2 aromatic carbocycles. The predicted molar refractivity (Wildman–Crippen MR) is 113 cm³/mol. The first-order valence-electron chi connectivity index (χ1n) is 9.55. The predicted octanol–water partition coefficient (Wildman–Crippen LogP) is 4.23. The Hall–Kier alpha value is -3.41. The molecule has 0 fully saturated rings. The summed E-state index contributed by atoms with van der Waals surface area (Å²) in [6.07, 6.45) is 2.00. The number of fused-ring (bicyclic) bond motifs is 3. The molecule has 142 valence electrons. The SMILES string of the molecule is CCN(CC)c1ccc(Nc2ncc3c(n2)-c2ccccc2NC(=O)C3)cc1. The molecule has 0 saturated heterocycles. The Kier molecular flexibility index (Phi) is 4.93. The van der Waals surface area contributed by atoms with E-state index in [4.69, 9.17) is 4.98 Å². The molecule has 6 heteroatoms. The second kappa shape index (κ2) is 7.68. The highest BCUT2D eigenvalue weighted by atomic mass is 16.1. The Morgan fingerprint density at radius 3 is 2.57 bits per heavy atom. The summed E-state index contributed by atoms with van der Waals surface area (Å²) >= 11 is 0. The number of aromatic nitrogens is 2. The lowest BCUT2D eigenvalue weighted by molar-refractivity contribution is -0.115. The van der Waals surface area contributed by atoms with Crippen LogP contribution in [0.15, 0.2) is 54.7 Å². The van der Waals surface area contributed by atoms with Crippen molar-refractivity contribution in [1.82, 2.24) is 9.97 Å². The second-order valence-electron chi connectivity index (χ2n) is 6.68. The van der Waals surface area contributed by atoms with Crippen LogP contribution in [0.25, 0.3) is 11.3 Å². The van der Waals surface area contributed by atoms with E-state index >= 15 is 0 Å². The number of anilines is 4. The zero-order valence-electron chi connectivity index (χ0n) is 16.1. The molecular weight excluding hydrogens is 350 g/mol. The first-order valence-corrected chi connectivity index (χ1v) is 9.55. The average Bonchev–Trinajstić information content (AvgIpc) is 2.85. The van der Waals surface area contributed by atoms with Gasteiger partial charge in [-0.15, -0.1) is 0 Å². The van der Waals surface area contributed by atoms with Crippen LogP contribution in [0.4, 0.5) is 23.0 Å². The van der Waals surface area contributed by atoms with Gasteiger partial charge in [0.05, 0.1) is 17.8 Å². The highest BCUT2D eigenvalue weighted by Gasteiger charge is 2.20. The molecule has 3 aromatic rings. The molecule has 0 radical (unpaired) electrons. The standard InChI is InChI=1S/C22H23N5O/c1-3-27(4-2)17-11-9-16(10-12-17)24-22-23-14-15-13-20(28)25-19-8-6-5-7-18(19)21(15)26-22/h5-12,14H,3-4,13H2,1-2H3,(H,25,28)(H,23,24,26). The van der Waals surface area contributed by atoms with Crippen LogP contribution < -0.4 is 15.5 Å². The molecule has 0 atom stereocenters. The molecule has 2 N–H and O–H groups in total. The van der Waals surface area contributed by atoms with Crippen molar-refractivity contribution in [3.8, 4) is 11.3 Å². The number of rotatable bonds is 5. The number of carbonyl (C=O) groups excluding carboxylic acids is 1. The summed E-state index contributed by atoms with van der Waals surface area (Å²) in [4.78, 5) is 23.6. The van der Waals surface area contributed by atoms with Crippen molar-refractivity contribution in [3.05, 3.63) is 60.3 Å². The summed E-state index contributed by atoms with van der Waals surface area (Å²) in [6.45, 7) is 6.25. The molecule has 1 aliphatic rings. The fourth-order valence-corrected chi connectivity index (χ4v) is 3.47. The molecule has 0 aliphatic carbocycles. The maximum absolute atomic E-state index is 12.1. The number of benzene rings is 2. The number of nitrogens with one attached hydrogen (secondary N) is 2. The van der Waals surface area contributed by atoms with Gasteiger partial charge in [-0.25, -0.2) is 9.97 Å². The first kappa shape index (κ1) is 18.0. The van der Waals surface area contributed by atoms with Crippen LogP contribution in [-0.2, 0) is 11.2 Å². The number of amides is 1. The highest BCUT2D eigenvalue weighted by molar-refractivity contribution is 5.99. The Morgan fingerprint density at radius 2 is 1.82 bits per heavy atom. The van der Waals surface area contributed by atoms with Crippen LogP contribution >= 0.6 is 0 Å². The van der Waals surface area contributed by atoms with Gasteiger partial charge in [-0.05, 0) is 44.2 Å².